The molecule has 29 heavy (non-hydrogen) atoms. The lowest BCUT2D eigenvalue weighted by Crippen LogP contribution is -2.45. The number of amides is 2. The van der Waals surface area contributed by atoms with Gasteiger partial charge in [-0.2, -0.15) is 0 Å². The van der Waals surface area contributed by atoms with Crippen LogP contribution in [0.15, 0.2) is 59.0 Å². The Morgan fingerprint density at radius 1 is 1.07 bits per heavy atom. The van der Waals surface area contributed by atoms with Gasteiger partial charge in [0.05, 0.1) is 6.54 Å². The van der Waals surface area contributed by atoms with Crippen LogP contribution in [0.25, 0.3) is 11.5 Å². The molecule has 2 amide bonds. The summed E-state index contributed by atoms with van der Waals surface area (Å²) < 4.78 is 5.83. The molecule has 7 heteroatoms. The first-order valence-electron chi connectivity index (χ1n) is 9.90. The fourth-order valence-corrected chi connectivity index (χ4v) is 3.43. The number of anilines is 1. The van der Waals surface area contributed by atoms with Crippen LogP contribution >= 0.6 is 0 Å². The smallest absolute Gasteiger partial charge is 0.319 e. The van der Waals surface area contributed by atoms with E-state index in [-0.39, 0.29) is 12.1 Å². The standard InChI is InChI=1S/C22H25N5O2/c1-16-7-9-17(10-8-16)21-26-25-20(29-21)15-27-13-11-19(12-14-27)24-22(28)23-18-5-3-2-4-6-18/h2-10,19H,11-15H2,1H3,(H2,23,24,28). The van der Waals surface area contributed by atoms with Crippen molar-refractivity contribution in [1.82, 2.24) is 20.4 Å². The van der Waals surface area contributed by atoms with Crippen molar-refractivity contribution >= 4 is 11.7 Å². The molecule has 0 unspecified atom stereocenters. The van der Waals surface area contributed by atoms with E-state index in [2.05, 4.69) is 25.7 Å². The summed E-state index contributed by atoms with van der Waals surface area (Å²) in [6, 6.07) is 17.5. The number of aryl methyl sites for hydroxylation is 1. The lowest BCUT2D eigenvalue weighted by molar-refractivity contribution is 0.177. The van der Waals surface area contributed by atoms with Gasteiger partial charge in [0.25, 0.3) is 0 Å². The molecule has 7 nitrogen and oxygen atoms in total. The lowest BCUT2D eigenvalue weighted by Gasteiger charge is -2.31. The first kappa shape index (κ1) is 19.1. The third-order valence-corrected chi connectivity index (χ3v) is 5.08. The van der Waals surface area contributed by atoms with E-state index in [1.807, 2.05) is 61.5 Å². The van der Waals surface area contributed by atoms with Gasteiger partial charge in [-0.25, -0.2) is 4.79 Å². The fraction of sp³-hybridized carbons (Fsp3) is 0.318. The Hall–Kier alpha value is -3.19. The van der Waals surface area contributed by atoms with E-state index in [1.165, 1.54) is 5.56 Å². The van der Waals surface area contributed by atoms with Crippen LogP contribution in [-0.4, -0.2) is 40.3 Å². The summed E-state index contributed by atoms with van der Waals surface area (Å²) in [7, 11) is 0. The van der Waals surface area contributed by atoms with E-state index >= 15 is 0 Å². The van der Waals surface area contributed by atoms with Crippen LogP contribution in [0, 0.1) is 6.92 Å². The number of nitrogens with zero attached hydrogens (tertiary/aromatic N) is 3. The Kier molecular flexibility index (Phi) is 5.86. The molecule has 150 valence electrons. The van der Waals surface area contributed by atoms with E-state index < -0.39 is 0 Å². The molecular formula is C22H25N5O2. The minimum atomic E-state index is -0.158. The summed E-state index contributed by atoms with van der Waals surface area (Å²) in [5.74, 6) is 1.17. The van der Waals surface area contributed by atoms with Gasteiger partial charge in [0.15, 0.2) is 0 Å². The van der Waals surface area contributed by atoms with Gasteiger partial charge in [-0.1, -0.05) is 35.9 Å². The topological polar surface area (TPSA) is 83.3 Å². The van der Waals surface area contributed by atoms with Gasteiger partial charge in [-0.3, -0.25) is 4.90 Å². The molecule has 1 aliphatic rings. The highest BCUT2D eigenvalue weighted by molar-refractivity contribution is 5.89. The zero-order valence-corrected chi connectivity index (χ0v) is 16.5. The molecule has 0 spiro atoms. The predicted octanol–water partition coefficient (Wildman–Crippen LogP) is 3.83. The van der Waals surface area contributed by atoms with Crippen molar-refractivity contribution in [2.75, 3.05) is 18.4 Å². The second-order valence-electron chi connectivity index (χ2n) is 7.38. The van der Waals surface area contributed by atoms with Gasteiger partial charge in [-0.05, 0) is 44.0 Å². The molecule has 1 aliphatic heterocycles. The van der Waals surface area contributed by atoms with Crippen molar-refractivity contribution in [2.24, 2.45) is 0 Å². The van der Waals surface area contributed by atoms with Gasteiger partial charge in [0.1, 0.15) is 0 Å². The number of hydrogen-bond donors (Lipinski definition) is 2. The van der Waals surface area contributed by atoms with Gasteiger partial charge >= 0.3 is 6.03 Å². The molecule has 2 heterocycles. The Labute approximate surface area is 170 Å². The highest BCUT2D eigenvalue weighted by Gasteiger charge is 2.22. The Bertz CT molecular complexity index is 931. The summed E-state index contributed by atoms with van der Waals surface area (Å²) in [5.41, 5.74) is 2.92. The molecule has 1 fully saturated rings. The van der Waals surface area contributed by atoms with Crippen molar-refractivity contribution in [1.29, 1.82) is 0 Å². The number of rotatable bonds is 5. The van der Waals surface area contributed by atoms with E-state index in [0.717, 1.165) is 37.2 Å². The number of hydrogen-bond acceptors (Lipinski definition) is 5. The zero-order valence-electron chi connectivity index (χ0n) is 16.5. The molecule has 2 aromatic carbocycles. The zero-order chi connectivity index (χ0) is 20.1. The molecule has 3 aromatic rings. The predicted molar refractivity (Wildman–Crippen MR) is 111 cm³/mol. The quantitative estimate of drug-likeness (QED) is 0.691. The second-order valence-corrected chi connectivity index (χ2v) is 7.38. The largest absolute Gasteiger partial charge is 0.419 e. The van der Waals surface area contributed by atoms with Crippen LogP contribution in [0.4, 0.5) is 10.5 Å². The van der Waals surface area contributed by atoms with Gasteiger partial charge < -0.3 is 15.1 Å². The minimum absolute atomic E-state index is 0.158. The monoisotopic (exact) mass is 391 g/mol. The van der Waals surface area contributed by atoms with Crippen molar-refractivity contribution in [3.05, 3.63) is 66.1 Å². The summed E-state index contributed by atoms with van der Waals surface area (Å²) in [6.07, 6.45) is 1.78. The summed E-state index contributed by atoms with van der Waals surface area (Å²) >= 11 is 0. The molecule has 1 saturated heterocycles. The van der Waals surface area contributed by atoms with E-state index in [0.29, 0.717) is 18.3 Å². The van der Waals surface area contributed by atoms with Crippen LogP contribution < -0.4 is 10.6 Å². The fourth-order valence-electron chi connectivity index (χ4n) is 3.43. The number of benzene rings is 2. The number of piperidine rings is 1. The molecule has 0 radical (unpaired) electrons. The number of para-hydroxylation sites is 1. The molecule has 0 atom stereocenters. The van der Waals surface area contributed by atoms with Crippen molar-refractivity contribution < 1.29 is 9.21 Å². The van der Waals surface area contributed by atoms with Gasteiger partial charge in [0, 0.05) is 30.4 Å². The number of carbonyl (C=O) groups is 1. The molecule has 0 aliphatic carbocycles. The SMILES string of the molecule is Cc1ccc(-c2nnc(CN3CCC(NC(=O)Nc4ccccc4)CC3)o2)cc1. The highest BCUT2D eigenvalue weighted by atomic mass is 16.4. The minimum Gasteiger partial charge on any atom is -0.419 e. The van der Waals surface area contributed by atoms with Crippen molar-refractivity contribution in [3.63, 3.8) is 0 Å². The number of carbonyl (C=O) groups excluding carboxylic acids is 1. The van der Waals surface area contributed by atoms with Crippen LogP contribution in [0.1, 0.15) is 24.3 Å². The normalized spacial score (nSPS) is 15.2. The number of likely N-dealkylation sites (tertiary alicyclic amines) is 1. The first-order valence-corrected chi connectivity index (χ1v) is 9.90. The molecule has 4 rings (SSSR count). The maximum Gasteiger partial charge on any atom is 0.319 e. The molecule has 0 bridgehead atoms. The Morgan fingerprint density at radius 2 is 1.79 bits per heavy atom. The molecular weight excluding hydrogens is 366 g/mol. The van der Waals surface area contributed by atoms with Crippen LogP contribution in [0.2, 0.25) is 0 Å². The van der Waals surface area contributed by atoms with Crippen LogP contribution in [0.5, 0.6) is 0 Å². The summed E-state index contributed by atoms with van der Waals surface area (Å²) in [4.78, 5) is 14.4. The number of nitrogens with one attached hydrogen (secondary N) is 2. The molecule has 0 saturated carbocycles. The lowest BCUT2D eigenvalue weighted by atomic mass is 10.1. The van der Waals surface area contributed by atoms with E-state index in [1.54, 1.807) is 0 Å². The van der Waals surface area contributed by atoms with Crippen LogP contribution in [0.3, 0.4) is 0 Å². The van der Waals surface area contributed by atoms with Crippen molar-refractivity contribution in [3.8, 4) is 11.5 Å². The third kappa shape index (κ3) is 5.20. The summed E-state index contributed by atoms with van der Waals surface area (Å²) in [5, 5.41) is 14.3. The Balaban J connectivity index is 1.24. The molecule has 2 N–H and O–H groups in total. The first-order chi connectivity index (χ1) is 14.2. The average Bonchev–Trinajstić information content (AvgIpc) is 3.19. The maximum atomic E-state index is 12.1. The van der Waals surface area contributed by atoms with Gasteiger partial charge in [0.2, 0.25) is 11.8 Å². The average molecular weight is 391 g/mol. The Morgan fingerprint density at radius 3 is 2.52 bits per heavy atom. The van der Waals surface area contributed by atoms with Gasteiger partial charge in [-0.15, -0.1) is 10.2 Å². The van der Waals surface area contributed by atoms with E-state index in [4.69, 9.17) is 4.42 Å². The number of urea groups is 1. The van der Waals surface area contributed by atoms with Crippen molar-refractivity contribution in [2.45, 2.75) is 32.4 Å². The maximum absolute atomic E-state index is 12.1. The third-order valence-electron chi connectivity index (χ3n) is 5.08. The summed E-state index contributed by atoms with van der Waals surface area (Å²) in [6.45, 7) is 4.42. The van der Waals surface area contributed by atoms with E-state index in [9.17, 15) is 4.79 Å². The number of aromatic nitrogens is 2. The second kappa shape index (κ2) is 8.87. The van der Waals surface area contributed by atoms with Crippen LogP contribution in [-0.2, 0) is 6.54 Å². The molecule has 1 aromatic heterocycles. The highest BCUT2D eigenvalue weighted by Crippen LogP contribution is 2.20.